The van der Waals surface area contributed by atoms with E-state index in [0.29, 0.717) is 11.3 Å². The van der Waals surface area contributed by atoms with Crippen LogP contribution >= 0.6 is 0 Å². The lowest BCUT2D eigenvalue weighted by atomic mass is 10.2. The minimum absolute atomic E-state index is 0.240. The molecule has 19 heavy (non-hydrogen) atoms. The number of hydrogen-bond donors (Lipinski definition) is 1. The van der Waals surface area contributed by atoms with Crippen molar-refractivity contribution in [1.82, 2.24) is 5.32 Å². The van der Waals surface area contributed by atoms with E-state index in [9.17, 15) is 4.39 Å². The quantitative estimate of drug-likeness (QED) is 0.817. The molecule has 0 aliphatic heterocycles. The first-order valence-electron chi connectivity index (χ1n) is 6.17. The van der Waals surface area contributed by atoms with Gasteiger partial charge in [-0.05, 0) is 30.8 Å². The third-order valence-electron chi connectivity index (χ3n) is 2.96. The summed E-state index contributed by atoms with van der Waals surface area (Å²) in [5.41, 5.74) is 0.644. The molecule has 1 aromatic carbocycles. The highest BCUT2D eigenvalue weighted by molar-refractivity contribution is 5.78. The molecule has 0 amide bonds. The molecular weight excluding hydrogens is 249 g/mol. The summed E-state index contributed by atoms with van der Waals surface area (Å²) in [7, 11) is 3.14. The Hall–Kier alpha value is -1.43. The maximum absolute atomic E-state index is 13.2. The van der Waals surface area contributed by atoms with Crippen LogP contribution < -0.4 is 5.32 Å². The first-order valence-corrected chi connectivity index (χ1v) is 6.17. The summed E-state index contributed by atoms with van der Waals surface area (Å²) in [6.45, 7) is 2.72. The SMILES string of the molecule is CCNC(c1cc2cc(F)ccc2o1)C(OC)OC. The molecule has 1 unspecified atom stereocenters. The standard InChI is InChI=1S/C14H18FNO3/c1-4-16-13(14(17-2)18-3)12-8-9-7-10(15)5-6-11(9)19-12/h5-8,13-14,16H,4H2,1-3H3. The van der Waals surface area contributed by atoms with Gasteiger partial charge >= 0.3 is 0 Å². The van der Waals surface area contributed by atoms with Crippen molar-refractivity contribution >= 4 is 11.0 Å². The maximum Gasteiger partial charge on any atom is 0.179 e. The predicted molar refractivity (Wildman–Crippen MR) is 70.4 cm³/mol. The van der Waals surface area contributed by atoms with Crippen molar-refractivity contribution in [2.75, 3.05) is 20.8 Å². The minimum atomic E-state index is -0.467. The largest absolute Gasteiger partial charge is 0.459 e. The Balaban J connectivity index is 2.38. The Morgan fingerprint density at radius 1 is 1.26 bits per heavy atom. The number of nitrogens with one attached hydrogen (secondary N) is 1. The van der Waals surface area contributed by atoms with Crippen LogP contribution in [0.3, 0.4) is 0 Å². The highest BCUT2D eigenvalue weighted by Crippen LogP contribution is 2.27. The molecule has 1 aromatic heterocycles. The molecule has 2 aromatic rings. The van der Waals surface area contributed by atoms with Gasteiger partial charge in [0.05, 0.1) is 0 Å². The predicted octanol–water partition coefficient (Wildman–Crippen LogP) is 2.84. The van der Waals surface area contributed by atoms with Crippen molar-refractivity contribution in [2.24, 2.45) is 0 Å². The number of ether oxygens (including phenoxy) is 2. The number of methoxy groups -OCH3 is 2. The van der Waals surface area contributed by atoms with Crippen LogP contribution in [0, 0.1) is 5.82 Å². The van der Waals surface area contributed by atoms with E-state index in [-0.39, 0.29) is 11.9 Å². The normalized spacial score (nSPS) is 13.3. The lowest BCUT2D eigenvalue weighted by Crippen LogP contribution is -2.34. The van der Waals surface area contributed by atoms with Crippen LogP contribution in [0.2, 0.25) is 0 Å². The van der Waals surface area contributed by atoms with E-state index < -0.39 is 6.29 Å². The Bertz CT molecular complexity index is 536. The van der Waals surface area contributed by atoms with E-state index in [1.54, 1.807) is 26.4 Å². The molecule has 2 rings (SSSR count). The van der Waals surface area contributed by atoms with Gasteiger partial charge in [-0.15, -0.1) is 0 Å². The van der Waals surface area contributed by atoms with Crippen molar-refractivity contribution < 1.29 is 18.3 Å². The van der Waals surface area contributed by atoms with E-state index in [0.717, 1.165) is 11.9 Å². The molecule has 0 aliphatic rings. The number of likely N-dealkylation sites (N-methyl/N-ethyl adjacent to an activating group) is 1. The van der Waals surface area contributed by atoms with Gasteiger partial charge in [-0.25, -0.2) is 4.39 Å². The second kappa shape index (κ2) is 6.14. The molecule has 0 spiro atoms. The van der Waals surface area contributed by atoms with Crippen molar-refractivity contribution in [2.45, 2.75) is 19.3 Å². The van der Waals surface area contributed by atoms with Crippen molar-refractivity contribution in [3.63, 3.8) is 0 Å². The van der Waals surface area contributed by atoms with Crippen LogP contribution in [0.4, 0.5) is 4.39 Å². The summed E-state index contributed by atoms with van der Waals surface area (Å²) in [5.74, 6) is 0.381. The van der Waals surface area contributed by atoms with E-state index in [1.165, 1.54) is 12.1 Å². The van der Waals surface area contributed by atoms with Gasteiger partial charge in [0, 0.05) is 19.6 Å². The highest BCUT2D eigenvalue weighted by Gasteiger charge is 2.25. The number of benzene rings is 1. The Kier molecular flexibility index (Phi) is 4.52. The molecule has 0 saturated heterocycles. The highest BCUT2D eigenvalue weighted by atomic mass is 19.1. The van der Waals surface area contributed by atoms with Gasteiger partial charge in [0.25, 0.3) is 0 Å². The fourth-order valence-electron chi connectivity index (χ4n) is 2.11. The lowest BCUT2D eigenvalue weighted by molar-refractivity contribution is -0.126. The van der Waals surface area contributed by atoms with Gasteiger partial charge in [-0.3, -0.25) is 0 Å². The zero-order valence-electron chi connectivity index (χ0n) is 11.3. The third kappa shape index (κ3) is 2.94. The fraction of sp³-hybridized carbons (Fsp3) is 0.429. The second-order valence-electron chi connectivity index (χ2n) is 4.21. The number of halogens is 1. The van der Waals surface area contributed by atoms with Crippen LogP contribution in [-0.2, 0) is 9.47 Å². The average molecular weight is 267 g/mol. The summed E-state index contributed by atoms with van der Waals surface area (Å²) in [4.78, 5) is 0. The monoisotopic (exact) mass is 267 g/mol. The van der Waals surface area contributed by atoms with Gasteiger partial charge in [-0.1, -0.05) is 6.92 Å². The first-order chi connectivity index (χ1) is 9.19. The second-order valence-corrected chi connectivity index (χ2v) is 4.21. The Labute approximate surface area is 111 Å². The fourth-order valence-corrected chi connectivity index (χ4v) is 2.11. The lowest BCUT2D eigenvalue weighted by Gasteiger charge is -2.23. The van der Waals surface area contributed by atoms with E-state index in [2.05, 4.69) is 5.32 Å². The average Bonchev–Trinajstić information content (AvgIpc) is 2.81. The molecule has 5 heteroatoms. The molecule has 1 N–H and O–H groups in total. The molecule has 104 valence electrons. The van der Waals surface area contributed by atoms with Crippen molar-refractivity contribution in [3.8, 4) is 0 Å². The number of hydrogen-bond acceptors (Lipinski definition) is 4. The number of furan rings is 1. The Morgan fingerprint density at radius 3 is 2.63 bits per heavy atom. The summed E-state index contributed by atoms with van der Waals surface area (Å²) in [5, 5.41) is 3.96. The summed E-state index contributed by atoms with van der Waals surface area (Å²) in [6, 6.07) is 6.00. The van der Waals surface area contributed by atoms with Crippen LogP contribution in [0.15, 0.2) is 28.7 Å². The van der Waals surface area contributed by atoms with Gasteiger partial charge in [0.15, 0.2) is 6.29 Å². The summed E-state index contributed by atoms with van der Waals surface area (Å²) >= 11 is 0. The molecule has 0 fully saturated rings. The van der Waals surface area contributed by atoms with Crippen LogP contribution in [0.1, 0.15) is 18.7 Å². The summed E-state index contributed by atoms with van der Waals surface area (Å²) < 4.78 is 29.5. The van der Waals surface area contributed by atoms with Gasteiger partial charge in [-0.2, -0.15) is 0 Å². The number of rotatable bonds is 6. The zero-order chi connectivity index (χ0) is 13.8. The molecule has 0 radical (unpaired) electrons. The van der Waals surface area contributed by atoms with Gasteiger partial charge < -0.3 is 19.2 Å². The molecule has 4 nitrogen and oxygen atoms in total. The van der Waals surface area contributed by atoms with Gasteiger partial charge in [0.1, 0.15) is 23.2 Å². The van der Waals surface area contributed by atoms with Crippen LogP contribution in [-0.4, -0.2) is 27.1 Å². The molecule has 0 aliphatic carbocycles. The molecule has 1 atom stereocenters. The van der Waals surface area contributed by atoms with Gasteiger partial charge in [0.2, 0.25) is 0 Å². The van der Waals surface area contributed by atoms with Crippen molar-refractivity contribution in [3.05, 3.63) is 35.8 Å². The molecule has 0 saturated carbocycles. The zero-order valence-corrected chi connectivity index (χ0v) is 11.3. The van der Waals surface area contributed by atoms with Crippen LogP contribution in [0.25, 0.3) is 11.0 Å². The first kappa shape index (κ1) is 14.0. The molecule has 1 heterocycles. The van der Waals surface area contributed by atoms with E-state index in [1.807, 2.05) is 6.92 Å². The third-order valence-corrected chi connectivity index (χ3v) is 2.96. The maximum atomic E-state index is 13.2. The van der Waals surface area contributed by atoms with E-state index in [4.69, 9.17) is 13.9 Å². The Morgan fingerprint density at radius 2 is 2.00 bits per heavy atom. The number of fused-ring (bicyclic) bond motifs is 1. The van der Waals surface area contributed by atoms with Crippen LogP contribution in [0.5, 0.6) is 0 Å². The molecular formula is C14H18FNO3. The van der Waals surface area contributed by atoms with Crippen molar-refractivity contribution in [1.29, 1.82) is 0 Å². The van der Waals surface area contributed by atoms with E-state index >= 15 is 0 Å². The topological polar surface area (TPSA) is 43.6 Å². The molecule has 0 bridgehead atoms. The smallest absolute Gasteiger partial charge is 0.179 e. The summed E-state index contributed by atoms with van der Waals surface area (Å²) in [6.07, 6.45) is -0.467. The minimum Gasteiger partial charge on any atom is -0.459 e.